The Morgan fingerprint density at radius 1 is 1.22 bits per heavy atom. The number of nitrogens with one attached hydrogen (secondary N) is 1. The minimum Gasteiger partial charge on any atom is -0.316 e. The fourth-order valence-corrected chi connectivity index (χ4v) is 2.04. The van der Waals surface area contributed by atoms with Crippen LogP contribution in [0.2, 0.25) is 0 Å². The van der Waals surface area contributed by atoms with Crippen molar-refractivity contribution in [1.29, 1.82) is 0 Å². The number of rotatable bonds is 9. The molecule has 0 radical (unpaired) electrons. The average Bonchev–Trinajstić information content (AvgIpc) is 2.77. The summed E-state index contributed by atoms with van der Waals surface area (Å²) in [5.74, 6) is 2.43. The molecule has 0 bridgehead atoms. The van der Waals surface area contributed by atoms with Gasteiger partial charge in [-0.2, -0.15) is 5.10 Å². The van der Waals surface area contributed by atoms with E-state index in [1.807, 2.05) is 4.68 Å². The molecule has 1 aromatic rings. The summed E-state index contributed by atoms with van der Waals surface area (Å²) in [7, 11) is 0. The van der Waals surface area contributed by atoms with Gasteiger partial charge in [-0.3, -0.25) is 4.68 Å². The van der Waals surface area contributed by atoms with Crippen molar-refractivity contribution in [3.63, 3.8) is 0 Å². The largest absolute Gasteiger partial charge is 0.316 e. The van der Waals surface area contributed by atoms with Crippen LogP contribution in [0.1, 0.15) is 46.4 Å². The van der Waals surface area contributed by atoms with E-state index in [4.69, 9.17) is 0 Å². The van der Waals surface area contributed by atoms with Gasteiger partial charge < -0.3 is 5.32 Å². The van der Waals surface area contributed by atoms with Gasteiger partial charge in [0.2, 0.25) is 0 Å². The Morgan fingerprint density at radius 2 is 2.00 bits per heavy atom. The van der Waals surface area contributed by atoms with E-state index in [9.17, 15) is 0 Å². The normalized spacial score (nSPS) is 14.7. The lowest BCUT2D eigenvalue weighted by molar-refractivity contribution is 0.353. The first-order valence-corrected chi connectivity index (χ1v) is 7.26. The summed E-state index contributed by atoms with van der Waals surface area (Å²) in [5, 5.41) is 7.78. The molecule has 1 N–H and O–H groups in total. The molecular weight excluding hydrogens is 224 g/mol. The molecule has 0 saturated carbocycles. The Kier molecular flexibility index (Phi) is 6.94. The second kappa shape index (κ2) is 8.25. The Labute approximate surface area is 111 Å². The van der Waals surface area contributed by atoms with Crippen LogP contribution in [0.15, 0.2) is 6.33 Å². The molecule has 1 aromatic heterocycles. The van der Waals surface area contributed by atoms with Crippen molar-refractivity contribution in [2.75, 3.05) is 13.1 Å². The molecule has 0 aliphatic carbocycles. The molecule has 0 fully saturated rings. The van der Waals surface area contributed by atoms with Gasteiger partial charge in [-0.1, -0.05) is 27.7 Å². The average molecular weight is 252 g/mol. The lowest BCUT2D eigenvalue weighted by Crippen LogP contribution is -2.27. The number of hydrogen-bond acceptors (Lipinski definition) is 3. The minimum atomic E-state index is 0.633. The van der Waals surface area contributed by atoms with Crippen LogP contribution in [0.5, 0.6) is 0 Å². The van der Waals surface area contributed by atoms with E-state index in [0.717, 1.165) is 38.3 Å². The molecule has 0 aliphatic rings. The Balaban J connectivity index is 2.42. The fourth-order valence-electron chi connectivity index (χ4n) is 2.04. The first-order valence-electron chi connectivity index (χ1n) is 7.26. The van der Waals surface area contributed by atoms with Crippen LogP contribution in [0.4, 0.5) is 0 Å². The summed E-state index contributed by atoms with van der Waals surface area (Å²) in [6.45, 7) is 12.2. The Bertz CT molecular complexity index is 321. The molecule has 0 spiro atoms. The van der Waals surface area contributed by atoms with Crippen LogP contribution < -0.4 is 5.32 Å². The van der Waals surface area contributed by atoms with E-state index in [0.29, 0.717) is 11.8 Å². The van der Waals surface area contributed by atoms with Gasteiger partial charge in [0.15, 0.2) is 0 Å². The molecule has 0 amide bonds. The smallest absolute Gasteiger partial charge is 0.138 e. The monoisotopic (exact) mass is 252 g/mol. The van der Waals surface area contributed by atoms with Crippen LogP contribution in [-0.4, -0.2) is 27.9 Å². The molecule has 0 saturated heterocycles. The molecule has 2 atom stereocenters. The first-order chi connectivity index (χ1) is 8.69. The van der Waals surface area contributed by atoms with E-state index >= 15 is 0 Å². The highest BCUT2D eigenvalue weighted by molar-refractivity contribution is 4.87. The van der Waals surface area contributed by atoms with E-state index in [-0.39, 0.29) is 0 Å². The first kappa shape index (κ1) is 15.2. The summed E-state index contributed by atoms with van der Waals surface area (Å²) in [6.07, 6.45) is 5.01. The predicted molar refractivity (Wildman–Crippen MR) is 75.5 cm³/mol. The van der Waals surface area contributed by atoms with Crippen LogP contribution >= 0.6 is 0 Å². The maximum absolute atomic E-state index is 4.39. The highest BCUT2D eigenvalue weighted by Gasteiger charge is 2.15. The van der Waals surface area contributed by atoms with E-state index in [1.54, 1.807) is 6.33 Å². The van der Waals surface area contributed by atoms with Crippen molar-refractivity contribution in [1.82, 2.24) is 20.1 Å². The van der Waals surface area contributed by atoms with Crippen molar-refractivity contribution in [3.05, 3.63) is 12.2 Å². The molecule has 2 unspecified atom stereocenters. The lowest BCUT2D eigenvalue weighted by atomic mass is 9.92. The zero-order valence-corrected chi connectivity index (χ0v) is 12.3. The van der Waals surface area contributed by atoms with Gasteiger partial charge in [0.1, 0.15) is 12.2 Å². The van der Waals surface area contributed by atoms with Gasteiger partial charge in [0, 0.05) is 13.0 Å². The maximum atomic E-state index is 4.39. The van der Waals surface area contributed by atoms with Gasteiger partial charge in [-0.25, -0.2) is 4.98 Å². The second-order valence-electron chi connectivity index (χ2n) is 5.26. The predicted octanol–water partition coefficient (Wildman–Crippen LogP) is 2.50. The summed E-state index contributed by atoms with van der Waals surface area (Å²) in [4.78, 5) is 4.39. The second-order valence-corrected chi connectivity index (χ2v) is 5.26. The van der Waals surface area contributed by atoms with Gasteiger partial charge >= 0.3 is 0 Å². The minimum absolute atomic E-state index is 0.633. The van der Waals surface area contributed by atoms with Crippen molar-refractivity contribution >= 4 is 0 Å². The molecule has 4 heteroatoms. The van der Waals surface area contributed by atoms with Crippen LogP contribution in [-0.2, 0) is 13.0 Å². The lowest BCUT2D eigenvalue weighted by Gasteiger charge is -2.20. The molecule has 1 heterocycles. The summed E-state index contributed by atoms with van der Waals surface area (Å²) < 4.78 is 2.04. The highest BCUT2D eigenvalue weighted by atomic mass is 15.3. The third-order valence-corrected chi connectivity index (χ3v) is 3.50. The third-order valence-electron chi connectivity index (χ3n) is 3.50. The van der Waals surface area contributed by atoms with Gasteiger partial charge in [0.05, 0.1) is 0 Å². The molecule has 0 aliphatic heterocycles. The quantitative estimate of drug-likeness (QED) is 0.687. The molecule has 18 heavy (non-hydrogen) atoms. The number of aromatic nitrogens is 3. The SMILES string of the molecule is CCCNCC(C)C(C)Cc1ncnn1CCC. The van der Waals surface area contributed by atoms with Crippen molar-refractivity contribution < 1.29 is 0 Å². The van der Waals surface area contributed by atoms with Gasteiger partial charge in [-0.15, -0.1) is 0 Å². The molecule has 0 aromatic carbocycles. The maximum Gasteiger partial charge on any atom is 0.138 e. The molecule has 4 nitrogen and oxygen atoms in total. The van der Waals surface area contributed by atoms with Gasteiger partial charge in [0.25, 0.3) is 0 Å². The number of aryl methyl sites for hydroxylation is 1. The molecule has 1 rings (SSSR count). The number of hydrogen-bond donors (Lipinski definition) is 1. The topological polar surface area (TPSA) is 42.7 Å². The van der Waals surface area contributed by atoms with E-state index < -0.39 is 0 Å². The Hall–Kier alpha value is -0.900. The highest BCUT2D eigenvalue weighted by Crippen LogP contribution is 2.15. The third kappa shape index (κ3) is 4.77. The summed E-state index contributed by atoms with van der Waals surface area (Å²) >= 11 is 0. The molecular formula is C14H28N4. The standard InChI is InChI=1S/C14H28N4/c1-5-7-15-10-13(4)12(3)9-14-16-11-17-18(14)8-6-2/h11-13,15H,5-10H2,1-4H3. The van der Waals surface area contributed by atoms with E-state index in [1.165, 1.54) is 6.42 Å². The fraction of sp³-hybridized carbons (Fsp3) is 0.857. The Morgan fingerprint density at radius 3 is 2.67 bits per heavy atom. The summed E-state index contributed by atoms with van der Waals surface area (Å²) in [6, 6.07) is 0. The van der Waals surface area contributed by atoms with Crippen LogP contribution in [0.25, 0.3) is 0 Å². The van der Waals surface area contributed by atoms with Crippen LogP contribution in [0, 0.1) is 11.8 Å². The number of nitrogens with zero attached hydrogens (tertiary/aromatic N) is 3. The van der Waals surface area contributed by atoms with E-state index in [2.05, 4.69) is 43.1 Å². The zero-order valence-electron chi connectivity index (χ0n) is 12.3. The summed E-state index contributed by atoms with van der Waals surface area (Å²) in [5.41, 5.74) is 0. The van der Waals surface area contributed by atoms with Crippen molar-refractivity contribution in [3.8, 4) is 0 Å². The van der Waals surface area contributed by atoms with Crippen LogP contribution in [0.3, 0.4) is 0 Å². The van der Waals surface area contributed by atoms with Gasteiger partial charge in [-0.05, 0) is 37.8 Å². The van der Waals surface area contributed by atoms with Crippen molar-refractivity contribution in [2.45, 2.75) is 53.5 Å². The molecule has 104 valence electrons. The van der Waals surface area contributed by atoms with Crippen molar-refractivity contribution in [2.24, 2.45) is 11.8 Å². The zero-order chi connectivity index (χ0) is 13.4.